The fraction of sp³-hybridized carbons (Fsp3) is 0.231. The molecule has 0 fully saturated rings. The van der Waals surface area contributed by atoms with E-state index in [1.807, 2.05) is 26.8 Å². The van der Waals surface area contributed by atoms with Gasteiger partial charge >= 0.3 is 6.16 Å². The van der Waals surface area contributed by atoms with Crippen LogP contribution in [0.2, 0.25) is 0 Å². The Morgan fingerprint density at radius 1 is 0.971 bits per heavy atom. The van der Waals surface area contributed by atoms with Crippen molar-refractivity contribution in [2.45, 2.75) is 34.6 Å². The topological polar surface area (TPSA) is 95.3 Å². The minimum atomic E-state index is -0.789. The molecule has 34 heavy (non-hydrogen) atoms. The second kappa shape index (κ2) is 9.35. The van der Waals surface area contributed by atoms with Gasteiger partial charge in [0, 0.05) is 17.0 Å². The predicted molar refractivity (Wildman–Crippen MR) is 130 cm³/mol. The van der Waals surface area contributed by atoms with Gasteiger partial charge in [0.25, 0.3) is 5.91 Å². The van der Waals surface area contributed by atoms with Gasteiger partial charge in [-0.2, -0.15) is 9.78 Å². The number of hydrogen-bond donors (Lipinski definition) is 1. The maximum Gasteiger partial charge on any atom is 0.513 e. The normalized spacial score (nSPS) is 10.9. The van der Waals surface area contributed by atoms with E-state index in [4.69, 9.17) is 14.5 Å². The highest BCUT2D eigenvalue weighted by Crippen LogP contribution is 2.26. The van der Waals surface area contributed by atoms with E-state index in [1.54, 1.807) is 29.8 Å². The molecule has 0 unspecified atom stereocenters. The lowest BCUT2D eigenvalue weighted by atomic mass is 10.0. The van der Waals surface area contributed by atoms with Gasteiger partial charge in [-0.15, -0.1) is 0 Å². The Hall–Kier alpha value is -4.20. The first kappa shape index (κ1) is 23.0. The lowest BCUT2D eigenvalue weighted by molar-refractivity contribution is 0.102. The molecule has 0 saturated heterocycles. The number of aryl methyl sites for hydroxylation is 4. The predicted octanol–water partition coefficient (Wildman–Crippen LogP) is 5.44. The third-order valence-corrected chi connectivity index (χ3v) is 5.31. The van der Waals surface area contributed by atoms with Crippen LogP contribution in [0, 0.1) is 27.7 Å². The second-order valence-corrected chi connectivity index (χ2v) is 8.12. The van der Waals surface area contributed by atoms with Crippen LogP contribution in [-0.2, 0) is 4.74 Å². The number of pyridine rings is 1. The summed E-state index contributed by atoms with van der Waals surface area (Å²) in [4.78, 5) is 29.2. The molecule has 0 atom stereocenters. The number of nitrogens with one attached hydrogen (secondary N) is 1. The van der Waals surface area contributed by atoms with Crippen LogP contribution < -0.4 is 10.1 Å². The number of hydrogen-bond acceptors (Lipinski definition) is 6. The third-order valence-electron chi connectivity index (χ3n) is 5.31. The fourth-order valence-corrected chi connectivity index (χ4v) is 3.81. The van der Waals surface area contributed by atoms with Crippen LogP contribution in [0.25, 0.3) is 16.7 Å². The molecule has 0 bridgehead atoms. The Bertz CT molecular complexity index is 1390. The van der Waals surface area contributed by atoms with Gasteiger partial charge < -0.3 is 14.8 Å². The van der Waals surface area contributed by atoms with Crippen LogP contribution in [-0.4, -0.2) is 33.4 Å². The van der Waals surface area contributed by atoms with Crippen LogP contribution in [0.15, 0.2) is 48.5 Å². The first-order valence-corrected chi connectivity index (χ1v) is 11.0. The van der Waals surface area contributed by atoms with E-state index in [2.05, 4.69) is 29.5 Å². The standard InChI is InChI=1S/C26H26N4O4/c1-6-33-26(32)34-20-9-7-19(8-10-20)25(31)28-23-14-18(5)29-30(23)22-13-16(3)21-12-15(2)11-17(4)24(21)27-22/h7-14H,6H2,1-5H3,(H,28,31). The molecule has 174 valence electrons. The molecular weight excluding hydrogens is 432 g/mol. The van der Waals surface area contributed by atoms with Crippen molar-refractivity contribution in [2.24, 2.45) is 0 Å². The molecule has 4 rings (SSSR count). The second-order valence-electron chi connectivity index (χ2n) is 8.12. The van der Waals surface area contributed by atoms with Gasteiger partial charge in [0.15, 0.2) is 5.82 Å². The van der Waals surface area contributed by atoms with Gasteiger partial charge in [0.2, 0.25) is 0 Å². The lowest BCUT2D eigenvalue weighted by Crippen LogP contribution is -2.16. The first-order valence-electron chi connectivity index (χ1n) is 11.0. The molecule has 2 heterocycles. The van der Waals surface area contributed by atoms with E-state index in [1.165, 1.54) is 17.7 Å². The maximum atomic E-state index is 12.9. The van der Waals surface area contributed by atoms with Gasteiger partial charge in [-0.3, -0.25) is 4.79 Å². The van der Waals surface area contributed by atoms with E-state index in [-0.39, 0.29) is 18.3 Å². The number of aromatic nitrogens is 3. The summed E-state index contributed by atoms with van der Waals surface area (Å²) >= 11 is 0. The number of fused-ring (bicyclic) bond motifs is 1. The number of carbonyl (C=O) groups excluding carboxylic acids is 2. The summed E-state index contributed by atoms with van der Waals surface area (Å²) in [5, 5.41) is 8.56. The lowest BCUT2D eigenvalue weighted by Gasteiger charge is -2.12. The monoisotopic (exact) mass is 458 g/mol. The van der Waals surface area contributed by atoms with Crippen molar-refractivity contribution < 1.29 is 19.1 Å². The quantitative estimate of drug-likeness (QED) is 0.316. The van der Waals surface area contributed by atoms with Crippen molar-refractivity contribution >= 4 is 28.8 Å². The summed E-state index contributed by atoms with van der Waals surface area (Å²) in [5.41, 5.74) is 5.39. The zero-order valence-electron chi connectivity index (χ0n) is 19.8. The van der Waals surface area contributed by atoms with Crippen molar-refractivity contribution in [3.05, 3.63) is 76.5 Å². The minimum Gasteiger partial charge on any atom is -0.434 e. The molecule has 1 amide bonds. The summed E-state index contributed by atoms with van der Waals surface area (Å²) in [6.45, 7) is 9.92. The van der Waals surface area contributed by atoms with Crippen molar-refractivity contribution in [1.29, 1.82) is 0 Å². The van der Waals surface area contributed by atoms with Crippen molar-refractivity contribution in [2.75, 3.05) is 11.9 Å². The average Bonchev–Trinajstić information content (AvgIpc) is 3.15. The Balaban J connectivity index is 1.61. The number of rotatable bonds is 5. The molecule has 4 aromatic rings. The van der Waals surface area contributed by atoms with Gasteiger partial charge in [-0.05, 0) is 82.1 Å². The highest BCUT2D eigenvalue weighted by atomic mass is 16.7. The molecule has 0 aliphatic heterocycles. The highest BCUT2D eigenvalue weighted by Gasteiger charge is 2.16. The molecule has 8 nitrogen and oxygen atoms in total. The smallest absolute Gasteiger partial charge is 0.434 e. The highest BCUT2D eigenvalue weighted by molar-refractivity contribution is 6.04. The van der Waals surface area contributed by atoms with Crippen LogP contribution >= 0.6 is 0 Å². The Morgan fingerprint density at radius 2 is 1.71 bits per heavy atom. The van der Waals surface area contributed by atoms with Gasteiger partial charge in [0.05, 0.1) is 17.8 Å². The maximum absolute atomic E-state index is 12.9. The number of nitrogens with zero attached hydrogens (tertiary/aromatic N) is 3. The van der Waals surface area contributed by atoms with Crippen LogP contribution in [0.4, 0.5) is 10.6 Å². The Kier molecular flexibility index (Phi) is 6.32. The van der Waals surface area contributed by atoms with Crippen molar-refractivity contribution in [3.8, 4) is 11.6 Å². The number of benzene rings is 2. The van der Waals surface area contributed by atoms with Crippen LogP contribution in [0.3, 0.4) is 0 Å². The molecule has 0 aliphatic carbocycles. The molecule has 1 N–H and O–H groups in total. The van der Waals surface area contributed by atoms with E-state index in [9.17, 15) is 9.59 Å². The first-order chi connectivity index (χ1) is 16.2. The summed E-state index contributed by atoms with van der Waals surface area (Å²) in [7, 11) is 0. The van der Waals surface area contributed by atoms with Crippen LogP contribution in [0.5, 0.6) is 5.75 Å². The number of amides is 1. The Morgan fingerprint density at radius 3 is 2.41 bits per heavy atom. The Labute approximate surface area is 197 Å². The summed E-state index contributed by atoms with van der Waals surface area (Å²) in [5.74, 6) is 1.09. The number of anilines is 1. The molecule has 2 aromatic heterocycles. The van der Waals surface area contributed by atoms with Crippen molar-refractivity contribution in [3.63, 3.8) is 0 Å². The molecule has 0 spiro atoms. The summed E-state index contributed by atoms with van der Waals surface area (Å²) < 4.78 is 11.4. The average molecular weight is 459 g/mol. The third kappa shape index (κ3) is 4.76. The van der Waals surface area contributed by atoms with Gasteiger partial charge in [0.1, 0.15) is 11.6 Å². The molecule has 0 aliphatic rings. The summed E-state index contributed by atoms with van der Waals surface area (Å²) in [6, 6.07) is 14.2. The fourth-order valence-electron chi connectivity index (χ4n) is 3.81. The van der Waals surface area contributed by atoms with Gasteiger partial charge in [-0.1, -0.05) is 11.6 Å². The van der Waals surface area contributed by atoms with E-state index < -0.39 is 6.16 Å². The largest absolute Gasteiger partial charge is 0.513 e. The molecular formula is C26H26N4O4. The zero-order valence-corrected chi connectivity index (χ0v) is 19.8. The summed E-state index contributed by atoms with van der Waals surface area (Å²) in [6.07, 6.45) is -0.789. The van der Waals surface area contributed by atoms with Crippen molar-refractivity contribution in [1.82, 2.24) is 14.8 Å². The van der Waals surface area contributed by atoms with E-state index in [0.717, 1.165) is 27.7 Å². The molecule has 2 aromatic carbocycles. The van der Waals surface area contributed by atoms with Crippen LogP contribution in [0.1, 0.15) is 39.7 Å². The molecule has 8 heteroatoms. The van der Waals surface area contributed by atoms with E-state index >= 15 is 0 Å². The SMILES string of the molecule is CCOC(=O)Oc1ccc(C(=O)Nc2cc(C)nn2-c2cc(C)c3cc(C)cc(C)c3n2)cc1. The number of carbonyl (C=O) groups is 2. The molecule has 0 saturated carbocycles. The van der Waals surface area contributed by atoms with Gasteiger partial charge in [-0.25, -0.2) is 9.78 Å². The number of ether oxygens (including phenoxy) is 2. The minimum absolute atomic E-state index is 0.219. The van der Waals surface area contributed by atoms with E-state index in [0.29, 0.717) is 17.2 Å². The zero-order chi connectivity index (χ0) is 24.4. The molecule has 0 radical (unpaired) electrons.